The van der Waals surface area contributed by atoms with Crippen molar-refractivity contribution in [1.82, 2.24) is 8.75 Å². The van der Waals surface area contributed by atoms with E-state index in [-0.39, 0.29) is 0 Å². The van der Waals surface area contributed by atoms with Gasteiger partial charge >= 0.3 is 6.18 Å². The first-order valence-electron chi connectivity index (χ1n) is 3.82. The van der Waals surface area contributed by atoms with Crippen molar-refractivity contribution >= 4 is 28.5 Å². The normalized spacial score (nSPS) is 11.9. The van der Waals surface area contributed by atoms with Crippen molar-refractivity contribution in [2.45, 2.75) is 6.18 Å². The van der Waals surface area contributed by atoms with Crippen LogP contribution in [-0.4, -0.2) is 20.7 Å². The molecule has 0 saturated carbocycles. The van der Waals surface area contributed by atoms with Crippen molar-refractivity contribution in [2.75, 3.05) is 0 Å². The molecule has 0 aliphatic rings. The molecule has 0 bridgehead atoms. The van der Waals surface area contributed by atoms with Crippen molar-refractivity contribution in [2.24, 2.45) is 0 Å². The predicted octanol–water partition coefficient (Wildman–Crippen LogP) is 2.44. The van der Waals surface area contributed by atoms with E-state index in [4.69, 9.17) is 0 Å². The highest BCUT2D eigenvalue weighted by Gasteiger charge is 2.39. The maximum absolute atomic E-state index is 12.1. The van der Waals surface area contributed by atoms with Crippen LogP contribution < -0.4 is 0 Å². The van der Waals surface area contributed by atoms with Gasteiger partial charge in [0.25, 0.3) is 5.78 Å². The van der Waals surface area contributed by atoms with Gasteiger partial charge in [0, 0.05) is 5.56 Å². The van der Waals surface area contributed by atoms with E-state index >= 15 is 0 Å². The molecule has 2 aromatic rings. The molecule has 0 N–H and O–H groups in total. The molecule has 3 nitrogen and oxygen atoms in total. The number of carbonyl (C=O) groups excluding carboxylic acids is 1. The molecule has 78 valence electrons. The molecule has 1 aromatic carbocycles. The van der Waals surface area contributed by atoms with Gasteiger partial charge in [0.15, 0.2) is 0 Å². The lowest BCUT2D eigenvalue weighted by Crippen LogP contribution is -2.22. The average Bonchev–Trinajstić information content (AvgIpc) is 2.61. The van der Waals surface area contributed by atoms with Crippen LogP contribution >= 0.6 is 11.7 Å². The van der Waals surface area contributed by atoms with Gasteiger partial charge in [0.1, 0.15) is 11.0 Å². The maximum atomic E-state index is 12.1. The van der Waals surface area contributed by atoms with Crippen LogP contribution in [0, 0.1) is 0 Å². The number of fused-ring (bicyclic) bond motifs is 1. The van der Waals surface area contributed by atoms with Crippen LogP contribution in [0.3, 0.4) is 0 Å². The van der Waals surface area contributed by atoms with E-state index in [0.717, 1.165) is 23.9 Å². The molecular formula is C8H3F3N2OS. The highest BCUT2D eigenvalue weighted by molar-refractivity contribution is 7.00. The lowest BCUT2D eigenvalue weighted by atomic mass is 10.1. The minimum absolute atomic E-state index is 0.301. The fraction of sp³-hybridized carbons (Fsp3) is 0.125. The maximum Gasteiger partial charge on any atom is 0.454 e. The molecule has 0 unspecified atom stereocenters. The number of alkyl halides is 3. The Kier molecular flexibility index (Phi) is 2.18. The third-order valence-corrected chi connectivity index (χ3v) is 2.33. The zero-order valence-corrected chi connectivity index (χ0v) is 7.89. The van der Waals surface area contributed by atoms with E-state index in [1.807, 2.05) is 0 Å². The fourth-order valence-electron chi connectivity index (χ4n) is 1.09. The molecule has 0 fully saturated rings. The highest BCUT2D eigenvalue weighted by Crippen LogP contribution is 2.23. The van der Waals surface area contributed by atoms with Crippen molar-refractivity contribution in [3.05, 3.63) is 23.8 Å². The summed E-state index contributed by atoms with van der Waals surface area (Å²) in [6.45, 7) is 0. The van der Waals surface area contributed by atoms with Gasteiger partial charge in [-0.3, -0.25) is 4.79 Å². The van der Waals surface area contributed by atoms with E-state index in [9.17, 15) is 18.0 Å². The van der Waals surface area contributed by atoms with Crippen molar-refractivity contribution in [3.63, 3.8) is 0 Å². The Hall–Kier alpha value is -1.50. The van der Waals surface area contributed by atoms with E-state index in [1.165, 1.54) is 6.07 Å². The van der Waals surface area contributed by atoms with E-state index < -0.39 is 17.5 Å². The summed E-state index contributed by atoms with van der Waals surface area (Å²) in [5, 5.41) is 0. The first-order valence-corrected chi connectivity index (χ1v) is 4.55. The summed E-state index contributed by atoms with van der Waals surface area (Å²) in [6.07, 6.45) is -4.85. The van der Waals surface area contributed by atoms with Crippen LogP contribution in [-0.2, 0) is 0 Å². The van der Waals surface area contributed by atoms with Crippen LogP contribution in [0.15, 0.2) is 18.2 Å². The number of carbonyl (C=O) groups is 1. The molecule has 1 aromatic heterocycles. The minimum atomic E-state index is -4.85. The van der Waals surface area contributed by atoms with Crippen molar-refractivity contribution in [1.29, 1.82) is 0 Å². The van der Waals surface area contributed by atoms with Gasteiger partial charge in [0.05, 0.1) is 11.7 Å². The molecular weight excluding hydrogens is 229 g/mol. The first kappa shape index (κ1) is 10.0. The molecule has 15 heavy (non-hydrogen) atoms. The van der Waals surface area contributed by atoms with E-state index in [0.29, 0.717) is 11.0 Å². The second kappa shape index (κ2) is 3.27. The summed E-state index contributed by atoms with van der Waals surface area (Å²) >= 11 is 0.888. The second-order valence-corrected chi connectivity index (χ2v) is 3.32. The molecule has 0 aliphatic carbocycles. The molecule has 0 saturated heterocycles. The standard InChI is InChI=1S/C8H3F3N2OS/c9-8(10,11)7(14)4-1-2-5-6(3-4)13-15-12-5/h1-3H. The van der Waals surface area contributed by atoms with E-state index in [1.54, 1.807) is 0 Å². The summed E-state index contributed by atoms with van der Waals surface area (Å²) in [5.41, 5.74) is 0.372. The van der Waals surface area contributed by atoms with Gasteiger partial charge in [-0.15, -0.1) is 0 Å². The molecule has 1 heterocycles. The molecule has 0 radical (unpaired) electrons. The van der Waals surface area contributed by atoms with Crippen LogP contribution in [0.4, 0.5) is 13.2 Å². The lowest BCUT2D eigenvalue weighted by Gasteiger charge is -2.03. The highest BCUT2D eigenvalue weighted by atomic mass is 32.1. The number of rotatable bonds is 1. The summed E-state index contributed by atoms with van der Waals surface area (Å²) in [5.74, 6) is -1.86. The largest absolute Gasteiger partial charge is 0.454 e. The van der Waals surface area contributed by atoms with Crippen molar-refractivity contribution in [3.8, 4) is 0 Å². The second-order valence-electron chi connectivity index (χ2n) is 2.79. The van der Waals surface area contributed by atoms with Gasteiger partial charge in [-0.1, -0.05) is 0 Å². The fourth-order valence-corrected chi connectivity index (χ4v) is 1.60. The average molecular weight is 232 g/mol. The van der Waals surface area contributed by atoms with Crippen LogP contribution in [0.2, 0.25) is 0 Å². The number of nitrogens with zero attached hydrogens (tertiary/aromatic N) is 2. The van der Waals surface area contributed by atoms with Gasteiger partial charge in [-0.05, 0) is 18.2 Å². The number of aromatic nitrogens is 2. The molecule has 0 amide bonds. The van der Waals surface area contributed by atoms with Gasteiger partial charge in [-0.2, -0.15) is 21.9 Å². The Balaban J connectivity index is 2.49. The molecule has 0 atom stereocenters. The smallest absolute Gasteiger partial charge is 0.284 e. The van der Waals surface area contributed by atoms with E-state index in [2.05, 4.69) is 8.75 Å². The monoisotopic (exact) mass is 232 g/mol. The number of benzene rings is 1. The Bertz CT molecular complexity index is 520. The van der Waals surface area contributed by atoms with Gasteiger partial charge in [-0.25, -0.2) is 0 Å². The Morgan fingerprint density at radius 2 is 1.87 bits per heavy atom. The number of Topliss-reactive ketones (excluding diaryl/α,β-unsaturated/α-hetero) is 1. The van der Waals surface area contributed by atoms with Gasteiger partial charge in [0.2, 0.25) is 0 Å². The Morgan fingerprint density at radius 1 is 1.20 bits per heavy atom. The first-order chi connectivity index (χ1) is 6.98. The number of hydrogen-bond acceptors (Lipinski definition) is 4. The topological polar surface area (TPSA) is 42.9 Å². The summed E-state index contributed by atoms with van der Waals surface area (Å²) in [6, 6.07) is 3.53. The predicted molar refractivity (Wildman–Crippen MR) is 47.8 cm³/mol. The number of ketones is 1. The van der Waals surface area contributed by atoms with Gasteiger partial charge < -0.3 is 0 Å². The third-order valence-electron chi connectivity index (χ3n) is 1.77. The third kappa shape index (κ3) is 1.82. The zero-order valence-electron chi connectivity index (χ0n) is 7.08. The minimum Gasteiger partial charge on any atom is -0.284 e. The summed E-state index contributed by atoms with van der Waals surface area (Å²) < 4.78 is 43.8. The lowest BCUT2D eigenvalue weighted by molar-refractivity contribution is -0.0885. The van der Waals surface area contributed by atoms with Crippen LogP contribution in [0.1, 0.15) is 10.4 Å². The van der Waals surface area contributed by atoms with Crippen molar-refractivity contribution < 1.29 is 18.0 Å². The molecule has 0 spiro atoms. The quantitative estimate of drug-likeness (QED) is 0.709. The molecule has 7 heteroatoms. The summed E-state index contributed by atoms with van der Waals surface area (Å²) in [4.78, 5) is 10.9. The molecule has 2 rings (SSSR count). The van der Waals surface area contributed by atoms with Crippen LogP contribution in [0.25, 0.3) is 11.0 Å². The number of hydrogen-bond donors (Lipinski definition) is 0. The Morgan fingerprint density at radius 3 is 2.53 bits per heavy atom. The van der Waals surface area contributed by atoms with Crippen LogP contribution in [0.5, 0.6) is 0 Å². The molecule has 0 aliphatic heterocycles. The number of halogens is 3. The Labute approximate surface area is 85.9 Å². The summed E-state index contributed by atoms with van der Waals surface area (Å²) in [7, 11) is 0. The zero-order chi connectivity index (χ0) is 11.1. The SMILES string of the molecule is O=C(c1ccc2nsnc2c1)C(F)(F)F.